The van der Waals surface area contributed by atoms with Gasteiger partial charge in [-0.3, -0.25) is 0 Å². The third-order valence-electron chi connectivity index (χ3n) is 3.36. The van der Waals surface area contributed by atoms with E-state index in [1.54, 1.807) is 7.11 Å². The molecule has 1 aromatic carbocycles. The van der Waals surface area contributed by atoms with E-state index in [9.17, 15) is 4.79 Å². The fraction of sp³-hybridized carbons (Fsp3) is 0.286. The Kier molecular flexibility index (Phi) is 3.72. The average Bonchev–Trinajstić information content (AvgIpc) is 2.87. The summed E-state index contributed by atoms with van der Waals surface area (Å²) in [7, 11) is 1.56. The molecule has 0 saturated heterocycles. The highest BCUT2D eigenvalue weighted by Crippen LogP contribution is 2.40. The third kappa shape index (κ3) is 2.14. The van der Waals surface area contributed by atoms with Crippen molar-refractivity contribution in [1.82, 2.24) is 5.16 Å². The van der Waals surface area contributed by atoms with Gasteiger partial charge >= 0.3 is 5.97 Å². The van der Waals surface area contributed by atoms with Gasteiger partial charge in [-0.05, 0) is 37.5 Å². The zero-order valence-electron chi connectivity index (χ0n) is 11.6. The number of hydrogen-bond acceptors (Lipinski definition) is 4. The summed E-state index contributed by atoms with van der Waals surface area (Å²) in [6.45, 7) is 5.63. The number of carboxylic acids is 1. The summed E-state index contributed by atoms with van der Waals surface area (Å²) in [4.78, 5) is 10.9. The van der Waals surface area contributed by atoms with E-state index in [0.717, 1.165) is 22.3 Å². The van der Waals surface area contributed by atoms with Gasteiger partial charge in [-0.25, -0.2) is 4.79 Å². The van der Waals surface area contributed by atoms with Crippen LogP contribution in [0.1, 0.15) is 27.2 Å². The van der Waals surface area contributed by atoms with Crippen LogP contribution in [0.5, 0.6) is 5.75 Å². The molecule has 20 heavy (non-hydrogen) atoms. The molecule has 1 N–H and O–H groups in total. The molecule has 0 atom stereocenters. The fourth-order valence-corrected chi connectivity index (χ4v) is 2.52. The van der Waals surface area contributed by atoms with Crippen molar-refractivity contribution in [2.75, 3.05) is 7.11 Å². The van der Waals surface area contributed by atoms with E-state index in [2.05, 4.69) is 5.16 Å². The molecule has 0 aliphatic rings. The molecule has 6 heteroatoms. The number of rotatable bonds is 3. The summed E-state index contributed by atoms with van der Waals surface area (Å²) in [5, 5.41) is 13.2. The van der Waals surface area contributed by atoms with Crippen molar-refractivity contribution < 1.29 is 19.2 Å². The zero-order valence-corrected chi connectivity index (χ0v) is 12.3. The Morgan fingerprint density at radius 1 is 1.30 bits per heavy atom. The molecule has 0 unspecified atom stereocenters. The van der Waals surface area contributed by atoms with E-state index < -0.39 is 5.97 Å². The minimum Gasteiger partial charge on any atom is -0.495 e. The van der Waals surface area contributed by atoms with E-state index in [0.29, 0.717) is 16.5 Å². The maximum absolute atomic E-state index is 10.9. The summed E-state index contributed by atoms with van der Waals surface area (Å²) >= 11 is 6.30. The molecule has 0 aliphatic heterocycles. The molecule has 2 aromatic rings. The minimum atomic E-state index is -1.16. The molecule has 0 spiro atoms. The van der Waals surface area contributed by atoms with Crippen molar-refractivity contribution in [3.63, 3.8) is 0 Å². The number of ether oxygens (including phenoxy) is 1. The smallest absolute Gasteiger partial charge is 0.374 e. The van der Waals surface area contributed by atoms with E-state index in [4.69, 9.17) is 26.0 Å². The second-order valence-corrected chi connectivity index (χ2v) is 4.86. The standard InChI is InChI=1S/C14H14ClNO4/c1-6-7(2)13(19-4)12(15)8(3)11(6)9-5-10(14(17)18)20-16-9/h5H,1-4H3,(H,17,18). The molecular formula is C14H14ClNO4. The Balaban J connectivity index is 2.71. The van der Waals surface area contributed by atoms with Crippen LogP contribution in [-0.4, -0.2) is 23.3 Å². The number of benzene rings is 1. The van der Waals surface area contributed by atoms with Crippen LogP contribution in [0.4, 0.5) is 0 Å². The number of nitrogens with zero attached hydrogens (tertiary/aromatic N) is 1. The van der Waals surface area contributed by atoms with Crippen LogP contribution in [0.25, 0.3) is 11.3 Å². The Labute approximate surface area is 121 Å². The maximum Gasteiger partial charge on any atom is 0.374 e. The van der Waals surface area contributed by atoms with E-state index in [-0.39, 0.29) is 5.76 Å². The van der Waals surface area contributed by atoms with Crippen LogP contribution >= 0.6 is 11.6 Å². The molecule has 5 nitrogen and oxygen atoms in total. The summed E-state index contributed by atoms with van der Waals surface area (Å²) in [5.74, 6) is -0.744. The monoisotopic (exact) mass is 295 g/mol. The van der Waals surface area contributed by atoms with Crippen molar-refractivity contribution in [1.29, 1.82) is 0 Å². The number of aromatic carboxylic acids is 1. The van der Waals surface area contributed by atoms with Gasteiger partial charge in [0.25, 0.3) is 0 Å². The topological polar surface area (TPSA) is 72.6 Å². The van der Waals surface area contributed by atoms with E-state index >= 15 is 0 Å². The molecule has 0 fully saturated rings. The molecule has 0 aliphatic carbocycles. The molecule has 0 radical (unpaired) electrons. The zero-order chi connectivity index (χ0) is 15.0. The second kappa shape index (κ2) is 5.17. The maximum atomic E-state index is 10.9. The normalized spacial score (nSPS) is 10.7. The Bertz CT molecular complexity index is 662. The first-order chi connectivity index (χ1) is 9.38. The lowest BCUT2D eigenvalue weighted by Gasteiger charge is -2.16. The van der Waals surface area contributed by atoms with Gasteiger partial charge in [0.2, 0.25) is 5.76 Å². The summed E-state index contributed by atoms with van der Waals surface area (Å²) in [5.41, 5.74) is 3.80. The van der Waals surface area contributed by atoms with Gasteiger partial charge in [-0.2, -0.15) is 0 Å². The van der Waals surface area contributed by atoms with Gasteiger partial charge in [0.15, 0.2) is 0 Å². The molecule has 0 amide bonds. The predicted molar refractivity (Wildman–Crippen MR) is 74.7 cm³/mol. The Hall–Kier alpha value is -2.01. The fourth-order valence-electron chi connectivity index (χ4n) is 2.20. The number of hydrogen-bond donors (Lipinski definition) is 1. The van der Waals surface area contributed by atoms with Crippen LogP contribution in [0.15, 0.2) is 10.6 Å². The number of carboxylic acid groups (broad SMARTS) is 1. The van der Waals surface area contributed by atoms with Gasteiger partial charge in [0.1, 0.15) is 11.4 Å². The SMILES string of the molecule is COc1c(C)c(C)c(-c2cc(C(=O)O)on2)c(C)c1Cl. The minimum absolute atomic E-state index is 0.205. The first kappa shape index (κ1) is 14.4. The summed E-state index contributed by atoms with van der Waals surface area (Å²) < 4.78 is 10.1. The molecule has 0 saturated carbocycles. The van der Waals surface area contributed by atoms with E-state index in [1.807, 2.05) is 20.8 Å². The molecule has 2 rings (SSSR count). The van der Waals surface area contributed by atoms with Crippen LogP contribution in [0, 0.1) is 20.8 Å². The molecule has 1 aromatic heterocycles. The molecule has 0 bridgehead atoms. The average molecular weight is 296 g/mol. The molecular weight excluding hydrogens is 282 g/mol. The van der Waals surface area contributed by atoms with Gasteiger partial charge in [-0.15, -0.1) is 0 Å². The highest BCUT2D eigenvalue weighted by atomic mass is 35.5. The van der Waals surface area contributed by atoms with Gasteiger partial charge in [-0.1, -0.05) is 16.8 Å². The summed E-state index contributed by atoms with van der Waals surface area (Å²) in [6.07, 6.45) is 0. The first-order valence-electron chi connectivity index (χ1n) is 5.92. The Morgan fingerprint density at radius 3 is 2.45 bits per heavy atom. The lowest BCUT2D eigenvalue weighted by Crippen LogP contribution is -1.98. The number of carbonyl (C=O) groups is 1. The van der Waals surface area contributed by atoms with Crippen molar-refractivity contribution in [2.45, 2.75) is 20.8 Å². The second-order valence-electron chi connectivity index (χ2n) is 4.48. The lowest BCUT2D eigenvalue weighted by molar-refractivity contribution is 0.0652. The first-order valence-corrected chi connectivity index (χ1v) is 6.29. The van der Waals surface area contributed by atoms with Crippen molar-refractivity contribution >= 4 is 17.6 Å². The third-order valence-corrected chi connectivity index (χ3v) is 3.82. The predicted octanol–water partition coefficient (Wildman–Crippen LogP) is 3.63. The van der Waals surface area contributed by atoms with Gasteiger partial charge in [0.05, 0.1) is 12.1 Å². The van der Waals surface area contributed by atoms with Crippen LogP contribution in [-0.2, 0) is 0 Å². The van der Waals surface area contributed by atoms with Gasteiger partial charge < -0.3 is 14.4 Å². The molecule has 1 heterocycles. The van der Waals surface area contributed by atoms with Crippen LogP contribution in [0.2, 0.25) is 5.02 Å². The van der Waals surface area contributed by atoms with Crippen LogP contribution in [0.3, 0.4) is 0 Å². The number of aromatic nitrogens is 1. The van der Waals surface area contributed by atoms with Crippen molar-refractivity contribution in [2.24, 2.45) is 0 Å². The largest absolute Gasteiger partial charge is 0.495 e. The highest BCUT2D eigenvalue weighted by molar-refractivity contribution is 6.33. The number of halogens is 1. The van der Waals surface area contributed by atoms with Crippen LogP contribution < -0.4 is 4.74 Å². The Morgan fingerprint density at radius 2 is 1.95 bits per heavy atom. The lowest BCUT2D eigenvalue weighted by atomic mass is 9.95. The van der Waals surface area contributed by atoms with Crippen molar-refractivity contribution in [3.8, 4) is 17.0 Å². The highest BCUT2D eigenvalue weighted by Gasteiger charge is 2.21. The van der Waals surface area contributed by atoms with Crippen molar-refractivity contribution in [3.05, 3.63) is 33.5 Å². The quantitative estimate of drug-likeness (QED) is 0.936. The number of methoxy groups -OCH3 is 1. The van der Waals surface area contributed by atoms with E-state index in [1.165, 1.54) is 6.07 Å². The van der Waals surface area contributed by atoms with Gasteiger partial charge in [0, 0.05) is 11.6 Å². The molecule has 106 valence electrons. The summed E-state index contributed by atoms with van der Waals surface area (Å²) in [6, 6.07) is 1.39.